The third-order valence-electron chi connectivity index (χ3n) is 4.29. The third-order valence-corrected chi connectivity index (χ3v) is 4.29. The normalized spacial score (nSPS) is 17.5. The van der Waals surface area contributed by atoms with Gasteiger partial charge in [-0.3, -0.25) is 4.98 Å². The Morgan fingerprint density at radius 2 is 2.08 bits per heavy atom. The molecule has 1 saturated heterocycles. The van der Waals surface area contributed by atoms with E-state index in [2.05, 4.69) is 33.7 Å². The predicted molar refractivity (Wildman–Crippen MR) is 92.0 cm³/mol. The summed E-state index contributed by atoms with van der Waals surface area (Å²) >= 11 is 0. The standard InChI is InChI=1S/C18H22N4O2/c1-12(2)9-13-5-8-22(11-13)18-20-7-4-15(21-18)16-10-14(17(23)24)3-6-19-16/h3-4,6-7,10,12-13H,5,8-9,11H2,1-2H3,(H,23,24)/t13-/m0/s1. The van der Waals surface area contributed by atoms with Gasteiger partial charge in [-0.1, -0.05) is 13.8 Å². The summed E-state index contributed by atoms with van der Waals surface area (Å²) in [7, 11) is 0. The predicted octanol–water partition coefficient (Wildman–Crippen LogP) is 3.11. The number of rotatable bonds is 5. The number of carbonyl (C=O) groups is 1. The van der Waals surface area contributed by atoms with Crippen LogP contribution in [0.2, 0.25) is 0 Å². The van der Waals surface area contributed by atoms with Crippen LogP contribution in [0.25, 0.3) is 11.4 Å². The Bertz CT molecular complexity index is 732. The fraction of sp³-hybridized carbons (Fsp3) is 0.444. The minimum absolute atomic E-state index is 0.207. The number of carboxylic acids is 1. The van der Waals surface area contributed by atoms with Gasteiger partial charge >= 0.3 is 5.97 Å². The summed E-state index contributed by atoms with van der Waals surface area (Å²) in [6, 6.07) is 4.78. The molecule has 6 heteroatoms. The molecule has 0 radical (unpaired) electrons. The van der Waals surface area contributed by atoms with Crippen molar-refractivity contribution in [3.05, 3.63) is 36.2 Å². The highest BCUT2D eigenvalue weighted by Crippen LogP contribution is 2.27. The van der Waals surface area contributed by atoms with E-state index in [-0.39, 0.29) is 5.56 Å². The summed E-state index contributed by atoms with van der Waals surface area (Å²) in [5.74, 6) is 1.11. The van der Waals surface area contributed by atoms with Crippen molar-refractivity contribution in [2.45, 2.75) is 26.7 Å². The largest absolute Gasteiger partial charge is 0.478 e. The Labute approximate surface area is 141 Å². The van der Waals surface area contributed by atoms with Gasteiger partial charge in [-0.15, -0.1) is 0 Å². The molecule has 3 rings (SSSR count). The van der Waals surface area contributed by atoms with Gasteiger partial charge in [-0.25, -0.2) is 14.8 Å². The van der Waals surface area contributed by atoms with Gasteiger partial charge < -0.3 is 10.0 Å². The number of carboxylic acid groups (broad SMARTS) is 1. The lowest BCUT2D eigenvalue weighted by Gasteiger charge is -2.17. The molecular weight excluding hydrogens is 304 g/mol. The Kier molecular flexibility index (Phi) is 4.74. The first kappa shape index (κ1) is 16.4. The second-order valence-corrected chi connectivity index (χ2v) is 6.71. The Balaban J connectivity index is 1.80. The summed E-state index contributed by atoms with van der Waals surface area (Å²) in [5.41, 5.74) is 1.41. The lowest BCUT2D eigenvalue weighted by molar-refractivity contribution is 0.0697. The Morgan fingerprint density at radius 3 is 2.83 bits per heavy atom. The molecule has 1 fully saturated rings. The van der Waals surface area contributed by atoms with Gasteiger partial charge in [-0.2, -0.15) is 0 Å². The highest BCUT2D eigenvalue weighted by Gasteiger charge is 2.25. The maximum absolute atomic E-state index is 11.1. The molecule has 1 aliphatic heterocycles. The van der Waals surface area contributed by atoms with Crippen LogP contribution in [-0.4, -0.2) is 39.1 Å². The van der Waals surface area contributed by atoms with Crippen LogP contribution in [0.3, 0.4) is 0 Å². The number of nitrogens with zero attached hydrogens (tertiary/aromatic N) is 4. The molecule has 126 valence electrons. The molecule has 2 aromatic heterocycles. The summed E-state index contributed by atoms with van der Waals surface area (Å²) in [4.78, 5) is 26.6. The molecule has 6 nitrogen and oxygen atoms in total. The van der Waals surface area contributed by atoms with Crippen LogP contribution < -0.4 is 4.90 Å². The minimum Gasteiger partial charge on any atom is -0.478 e. The van der Waals surface area contributed by atoms with Gasteiger partial charge in [0.15, 0.2) is 0 Å². The van der Waals surface area contributed by atoms with E-state index in [1.54, 1.807) is 18.3 Å². The molecule has 0 unspecified atom stereocenters. The molecule has 0 spiro atoms. The number of pyridine rings is 1. The van der Waals surface area contributed by atoms with Gasteiger partial charge in [0.05, 0.1) is 17.0 Å². The number of aromatic carboxylic acids is 1. The monoisotopic (exact) mass is 326 g/mol. The maximum Gasteiger partial charge on any atom is 0.335 e. The van der Waals surface area contributed by atoms with Crippen LogP contribution in [0.15, 0.2) is 30.6 Å². The SMILES string of the molecule is CC(C)C[C@@H]1CCN(c2nccc(-c3cc(C(=O)O)ccn3)n2)C1. The quantitative estimate of drug-likeness (QED) is 0.909. The molecule has 3 heterocycles. The van der Waals surface area contributed by atoms with Crippen molar-refractivity contribution in [1.29, 1.82) is 0 Å². The minimum atomic E-state index is -0.969. The van der Waals surface area contributed by atoms with E-state index in [4.69, 9.17) is 5.11 Å². The van der Waals surface area contributed by atoms with Crippen LogP contribution >= 0.6 is 0 Å². The van der Waals surface area contributed by atoms with E-state index >= 15 is 0 Å². The lowest BCUT2D eigenvalue weighted by Crippen LogP contribution is -2.22. The summed E-state index contributed by atoms with van der Waals surface area (Å²) in [6.07, 6.45) is 5.59. The van der Waals surface area contributed by atoms with Crippen LogP contribution in [0.1, 0.15) is 37.0 Å². The second kappa shape index (κ2) is 6.95. The molecule has 0 bridgehead atoms. The highest BCUT2D eigenvalue weighted by molar-refractivity contribution is 5.88. The smallest absolute Gasteiger partial charge is 0.335 e. The number of aromatic nitrogens is 3. The Morgan fingerprint density at radius 1 is 1.29 bits per heavy atom. The molecule has 0 aromatic carbocycles. The van der Waals surface area contributed by atoms with Gasteiger partial charge in [0.2, 0.25) is 5.95 Å². The molecule has 0 aliphatic carbocycles. The topological polar surface area (TPSA) is 79.2 Å². The number of hydrogen-bond acceptors (Lipinski definition) is 5. The third kappa shape index (κ3) is 3.69. The first-order valence-corrected chi connectivity index (χ1v) is 8.30. The number of anilines is 1. The van der Waals surface area contributed by atoms with E-state index in [9.17, 15) is 4.79 Å². The van der Waals surface area contributed by atoms with Crippen LogP contribution in [0.4, 0.5) is 5.95 Å². The van der Waals surface area contributed by atoms with Crippen LogP contribution in [0.5, 0.6) is 0 Å². The summed E-state index contributed by atoms with van der Waals surface area (Å²) in [5, 5.41) is 9.12. The van der Waals surface area contributed by atoms with Crippen molar-refractivity contribution in [2.24, 2.45) is 11.8 Å². The first-order chi connectivity index (χ1) is 11.5. The van der Waals surface area contributed by atoms with Crippen molar-refractivity contribution in [2.75, 3.05) is 18.0 Å². The zero-order valence-electron chi connectivity index (χ0n) is 14.0. The molecule has 1 N–H and O–H groups in total. The van der Waals surface area contributed by atoms with Crippen LogP contribution in [0, 0.1) is 11.8 Å². The van der Waals surface area contributed by atoms with Crippen LogP contribution in [-0.2, 0) is 0 Å². The molecular formula is C18H22N4O2. The fourth-order valence-corrected chi connectivity index (χ4v) is 3.22. The molecule has 1 atom stereocenters. The highest BCUT2D eigenvalue weighted by atomic mass is 16.4. The maximum atomic E-state index is 11.1. The first-order valence-electron chi connectivity index (χ1n) is 8.30. The zero-order valence-corrected chi connectivity index (χ0v) is 14.0. The molecule has 2 aromatic rings. The van der Waals surface area contributed by atoms with Gasteiger partial charge in [-0.05, 0) is 42.9 Å². The van der Waals surface area contributed by atoms with E-state index in [0.29, 0.717) is 29.2 Å². The van der Waals surface area contributed by atoms with E-state index < -0.39 is 5.97 Å². The van der Waals surface area contributed by atoms with E-state index in [1.165, 1.54) is 25.1 Å². The summed E-state index contributed by atoms with van der Waals surface area (Å²) in [6.45, 7) is 6.44. The van der Waals surface area contributed by atoms with Crippen molar-refractivity contribution in [3.63, 3.8) is 0 Å². The molecule has 0 saturated carbocycles. The van der Waals surface area contributed by atoms with Gasteiger partial charge in [0.1, 0.15) is 0 Å². The van der Waals surface area contributed by atoms with Crippen molar-refractivity contribution < 1.29 is 9.90 Å². The second-order valence-electron chi connectivity index (χ2n) is 6.71. The van der Waals surface area contributed by atoms with Crippen molar-refractivity contribution in [3.8, 4) is 11.4 Å². The van der Waals surface area contributed by atoms with E-state index in [0.717, 1.165) is 13.1 Å². The lowest BCUT2D eigenvalue weighted by atomic mass is 9.97. The zero-order chi connectivity index (χ0) is 17.1. The summed E-state index contributed by atoms with van der Waals surface area (Å²) < 4.78 is 0. The average Bonchev–Trinajstić information content (AvgIpc) is 3.03. The fourth-order valence-electron chi connectivity index (χ4n) is 3.22. The van der Waals surface area contributed by atoms with Crippen molar-refractivity contribution in [1.82, 2.24) is 15.0 Å². The van der Waals surface area contributed by atoms with Crippen molar-refractivity contribution >= 4 is 11.9 Å². The van der Waals surface area contributed by atoms with Gasteiger partial charge in [0, 0.05) is 25.5 Å². The molecule has 0 amide bonds. The van der Waals surface area contributed by atoms with E-state index in [1.807, 2.05) is 0 Å². The molecule has 24 heavy (non-hydrogen) atoms. The Hall–Kier alpha value is -2.50. The molecule has 1 aliphatic rings. The number of hydrogen-bond donors (Lipinski definition) is 1. The van der Waals surface area contributed by atoms with Gasteiger partial charge in [0.25, 0.3) is 0 Å². The average molecular weight is 326 g/mol.